The van der Waals surface area contributed by atoms with Crippen LogP contribution in [-0.4, -0.2) is 11.0 Å². The van der Waals surface area contributed by atoms with Crippen molar-refractivity contribution in [2.24, 2.45) is 0 Å². The molecule has 5 heteroatoms. The molecule has 0 atom stereocenters. The molecule has 1 aromatic heterocycles. The Morgan fingerprint density at radius 2 is 2.00 bits per heavy atom. The Labute approximate surface area is 120 Å². The minimum Gasteiger partial charge on any atom is -0.422 e. The zero-order valence-electron chi connectivity index (χ0n) is 8.56. The normalized spacial score (nSPS) is 10.0. The van der Waals surface area contributed by atoms with E-state index in [0.29, 0.717) is 15.9 Å². The second-order valence-electron chi connectivity index (χ2n) is 3.19. The average molecular weight is 404 g/mol. The molecule has 0 saturated heterocycles. The minimum atomic E-state index is -0.408. The molecule has 0 spiro atoms. The average Bonchev–Trinajstić information content (AvgIpc) is 2.33. The Hall–Kier alpha value is -0.950. The summed E-state index contributed by atoms with van der Waals surface area (Å²) in [5.41, 5.74) is 0.424. The van der Waals surface area contributed by atoms with Crippen molar-refractivity contribution in [3.63, 3.8) is 0 Å². The molecular formula is C12H7BrINO2. The Morgan fingerprint density at radius 3 is 2.65 bits per heavy atom. The number of esters is 1. The van der Waals surface area contributed by atoms with E-state index in [2.05, 4.69) is 43.5 Å². The van der Waals surface area contributed by atoms with Crippen LogP contribution < -0.4 is 4.74 Å². The first-order valence-corrected chi connectivity index (χ1v) is 6.62. The molecule has 0 unspecified atom stereocenters. The number of para-hydroxylation sites is 1. The lowest BCUT2D eigenvalue weighted by Crippen LogP contribution is -2.09. The molecule has 0 aliphatic rings. The van der Waals surface area contributed by atoms with Gasteiger partial charge in [-0.2, -0.15) is 0 Å². The van der Waals surface area contributed by atoms with Crippen LogP contribution in [0.2, 0.25) is 0 Å². The summed E-state index contributed by atoms with van der Waals surface area (Å²) in [6.07, 6.45) is 1.47. The molecule has 0 amide bonds. The predicted octanol–water partition coefficient (Wildman–Crippen LogP) is 3.67. The first-order chi connectivity index (χ1) is 8.16. The Balaban J connectivity index is 2.17. The van der Waals surface area contributed by atoms with Crippen molar-refractivity contribution in [1.29, 1.82) is 0 Å². The van der Waals surface area contributed by atoms with Gasteiger partial charge in [-0.1, -0.05) is 12.1 Å². The zero-order valence-corrected chi connectivity index (χ0v) is 12.3. The lowest BCUT2D eigenvalue weighted by molar-refractivity contribution is 0.0733. The van der Waals surface area contributed by atoms with Crippen molar-refractivity contribution < 1.29 is 9.53 Å². The van der Waals surface area contributed by atoms with E-state index in [-0.39, 0.29) is 0 Å². The molecule has 17 heavy (non-hydrogen) atoms. The number of ether oxygens (including phenoxy) is 1. The molecule has 0 radical (unpaired) electrons. The lowest BCUT2D eigenvalue weighted by Gasteiger charge is -2.05. The number of carbonyl (C=O) groups is 1. The number of halogens is 2. The van der Waals surface area contributed by atoms with Gasteiger partial charge >= 0.3 is 5.97 Å². The summed E-state index contributed by atoms with van der Waals surface area (Å²) in [7, 11) is 0. The molecule has 2 rings (SSSR count). The Bertz CT molecular complexity index is 542. The van der Waals surface area contributed by atoms with Crippen LogP contribution in [0.3, 0.4) is 0 Å². The van der Waals surface area contributed by atoms with Crippen LogP contribution >= 0.6 is 38.5 Å². The third-order valence-electron chi connectivity index (χ3n) is 2.00. The van der Waals surface area contributed by atoms with Gasteiger partial charge in [0.15, 0.2) is 0 Å². The van der Waals surface area contributed by atoms with Crippen LogP contribution in [0.1, 0.15) is 10.4 Å². The second-order valence-corrected chi connectivity index (χ2v) is 5.16. The first-order valence-electron chi connectivity index (χ1n) is 4.75. The highest BCUT2D eigenvalue weighted by Gasteiger charge is 2.10. The molecule has 1 heterocycles. The van der Waals surface area contributed by atoms with Crippen molar-refractivity contribution in [2.45, 2.75) is 0 Å². The minimum absolute atomic E-state index is 0.408. The fourth-order valence-corrected chi connectivity index (χ4v) is 1.91. The molecule has 0 aliphatic heterocycles. The summed E-state index contributed by atoms with van der Waals surface area (Å²) in [6, 6.07) is 10.7. The van der Waals surface area contributed by atoms with Crippen LogP contribution in [0.5, 0.6) is 5.75 Å². The number of nitrogens with zero attached hydrogens (tertiary/aromatic N) is 1. The highest BCUT2D eigenvalue weighted by atomic mass is 127. The van der Waals surface area contributed by atoms with Gasteiger partial charge in [-0.05, 0) is 62.8 Å². The molecule has 0 aliphatic carbocycles. The summed E-state index contributed by atoms with van der Waals surface area (Å²) < 4.78 is 6.85. The number of carbonyl (C=O) groups excluding carboxylic acids is 1. The van der Waals surface area contributed by atoms with Gasteiger partial charge in [0.05, 0.1) is 9.13 Å². The summed E-state index contributed by atoms with van der Waals surface area (Å²) in [5.74, 6) is 0.148. The number of benzene rings is 1. The van der Waals surface area contributed by atoms with Gasteiger partial charge in [0.2, 0.25) is 0 Å². The monoisotopic (exact) mass is 403 g/mol. The smallest absolute Gasteiger partial charge is 0.345 e. The fraction of sp³-hybridized carbons (Fsp3) is 0. The van der Waals surface area contributed by atoms with Crippen molar-refractivity contribution in [3.05, 3.63) is 56.3 Å². The van der Waals surface area contributed by atoms with Crippen molar-refractivity contribution in [2.75, 3.05) is 0 Å². The number of pyridine rings is 1. The van der Waals surface area contributed by atoms with E-state index in [4.69, 9.17) is 4.74 Å². The summed E-state index contributed by atoms with van der Waals surface area (Å²) in [4.78, 5) is 15.8. The van der Waals surface area contributed by atoms with Gasteiger partial charge in [-0.25, -0.2) is 9.78 Å². The van der Waals surface area contributed by atoms with Crippen LogP contribution in [0.15, 0.2) is 47.2 Å². The molecule has 2 aromatic rings. The third kappa shape index (κ3) is 3.26. The lowest BCUT2D eigenvalue weighted by atomic mass is 10.3. The predicted molar refractivity (Wildman–Crippen MR) is 76.1 cm³/mol. The number of aromatic nitrogens is 1. The van der Waals surface area contributed by atoms with E-state index >= 15 is 0 Å². The third-order valence-corrected chi connectivity index (χ3v) is 3.36. The van der Waals surface area contributed by atoms with E-state index in [1.807, 2.05) is 18.2 Å². The summed E-state index contributed by atoms with van der Waals surface area (Å²) >= 11 is 5.33. The van der Waals surface area contributed by atoms with Crippen LogP contribution in [0.4, 0.5) is 0 Å². The molecule has 0 N–H and O–H groups in total. The fourth-order valence-electron chi connectivity index (χ4n) is 1.18. The maximum absolute atomic E-state index is 11.8. The van der Waals surface area contributed by atoms with Gasteiger partial charge in [0.25, 0.3) is 0 Å². The molecule has 0 saturated carbocycles. The summed E-state index contributed by atoms with van der Waals surface area (Å²) in [6.45, 7) is 0. The van der Waals surface area contributed by atoms with Gasteiger partial charge in [0.1, 0.15) is 10.4 Å². The Kier molecular flexibility index (Phi) is 4.11. The van der Waals surface area contributed by atoms with E-state index < -0.39 is 5.97 Å². The number of hydrogen-bond acceptors (Lipinski definition) is 3. The van der Waals surface area contributed by atoms with E-state index in [9.17, 15) is 4.79 Å². The standard InChI is InChI=1S/C12H7BrINO2/c13-11-6-5-8(7-15-11)12(16)17-10-4-2-1-3-9(10)14/h1-7H. The maximum atomic E-state index is 11.8. The molecule has 1 aromatic carbocycles. The van der Waals surface area contributed by atoms with E-state index in [1.54, 1.807) is 18.2 Å². The first kappa shape index (κ1) is 12.5. The largest absolute Gasteiger partial charge is 0.422 e. The van der Waals surface area contributed by atoms with Crippen LogP contribution in [0.25, 0.3) is 0 Å². The van der Waals surface area contributed by atoms with Crippen molar-refractivity contribution >= 4 is 44.5 Å². The van der Waals surface area contributed by atoms with Gasteiger partial charge in [-0.15, -0.1) is 0 Å². The van der Waals surface area contributed by atoms with Gasteiger partial charge in [0, 0.05) is 6.20 Å². The van der Waals surface area contributed by atoms with Crippen molar-refractivity contribution in [3.8, 4) is 5.75 Å². The molecule has 0 bridgehead atoms. The quantitative estimate of drug-likeness (QED) is 0.332. The SMILES string of the molecule is O=C(Oc1ccccc1I)c1ccc(Br)nc1. The van der Waals surface area contributed by atoms with E-state index in [1.165, 1.54) is 6.20 Å². The molecule has 86 valence electrons. The zero-order chi connectivity index (χ0) is 12.3. The number of hydrogen-bond donors (Lipinski definition) is 0. The van der Waals surface area contributed by atoms with Gasteiger partial charge in [-0.3, -0.25) is 0 Å². The molecule has 0 fully saturated rings. The number of rotatable bonds is 2. The highest BCUT2D eigenvalue weighted by Crippen LogP contribution is 2.20. The molecular weight excluding hydrogens is 397 g/mol. The maximum Gasteiger partial charge on any atom is 0.345 e. The van der Waals surface area contributed by atoms with Gasteiger partial charge < -0.3 is 4.74 Å². The Morgan fingerprint density at radius 1 is 1.24 bits per heavy atom. The molecule has 3 nitrogen and oxygen atoms in total. The highest BCUT2D eigenvalue weighted by molar-refractivity contribution is 14.1. The van der Waals surface area contributed by atoms with Crippen LogP contribution in [0, 0.1) is 3.57 Å². The topological polar surface area (TPSA) is 39.2 Å². The van der Waals surface area contributed by atoms with E-state index in [0.717, 1.165) is 3.57 Å². The second kappa shape index (κ2) is 5.59. The van der Waals surface area contributed by atoms with Crippen molar-refractivity contribution in [1.82, 2.24) is 4.98 Å². The van der Waals surface area contributed by atoms with Crippen LogP contribution in [-0.2, 0) is 0 Å². The summed E-state index contributed by atoms with van der Waals surface area (Å²) in [5, 5.41) is 0.